The fourth-order valence-corrected chi connectivity index (χ4v) is 2.18. The van der Waals surface area contributed by atoms with E-state index < -0.39 is 5.97 Å². The molecule has 1 aliphatic rings. The monoisotopic (exact) mass is 317 g/mol. The van der Waals surface area contributed by atoms with Gasteiger partial charge in [-0.2, -0.15) is 0 Å². The van der Waals surface area contributed by atoms with Crippen LogP contribution in [-0.4, -0.2) is 11.9 Å². The Bertz CT molecular complexity index is 767. The zero-order valence-electron chi connectivity index (χ0n) is 10.7. The van der Waals surface area contributed by atoms with Crippen molar-refractivity contribution in [3.05, 3.63) is 75.4 Å². The molecule has 0 fully saturated rings. The molecule has 0 bridgehead atoms. The summed E-state index contributed by atoms with van der Waals surface area (Å²) in [5, 5.41) is 0.880. The lowest BCUT2D eigenvalue weighted by molar-refractivity contribution is -0.129. The summed E-state index contributed by atoms with van der Waals surface area (Å²) in [5.74, 6) is -0.188. The first-order valence-corrected chi connectivity index (χ1v) is 6.92. The average molecular weight is 318 g/mol. The molecule has 0 saturated carbocycles. The summed E-state index contributed by atoms with van der Waals surface area (Å²) >= 11 is 11.8. The van der Waals surface area contributed by atoms with Crippen molar-refractivity contribution in [2.75, 3.05) is 0 Å². The molecule has 0 unspecified atom stereocenters. The van der Waals surface area contributed by atoms with E-state index >= 15 is 0 Å². The summed E-state index contributed by atoms with van der Waals surface area (Å²) in [6, 6.07) is 14.3. The van der Waals surface area contributed by atoms with Crippen LogP contribution in [0.3, 0.4) is 0 Å². The predicted octanol–water partition coefficient (Wildman–Crippen LogP) is 4.34. The highest BCUT2D eigenvalue weighted by atomic mass is 35.5. The van der Waals surface area contributed by atoms with Gasteiger partial charge in [0.2, 0.25) is 5.90 Å². The van der Waals surface area contributed by atoms with Gasteiger partial charge in [0.15, 0.2) is 5.70 Å². The third-order valence-corrected chi connectivity index (χ3v) is 3.63. The Morgan fingerprint density at radius 2 is 1.76 bits per heavy atom. The maximum Gasteiger partial charge on any atom is 0.363 e. The van der Waals surface area contributed by atoms with Crippen molar-refractivity contribution >= 4 is 41.1 Å². The van der Waals surface area contributed by atoms with Crippen LogP contribution in [0.2, 0.25) is 10.0 Å². The lowest BCUT2D eigenvalue weighted by Gasteiger charge is -1.98. The highest BCUT2D eigenvalue weighted by molar-refractivity contribution is 6.42. The van der Waals surface area contributed by atoms with Crippen LogP contribution in [0.4, 0.5) is 0 Å². The number of aliphatic imine (C=N–C) groups is 1. The molecule has 21 heavy (non-hydrogen) atoms. The van der Waals surface area contributed by atoms with Gasteiger partial charge >= 0.3 is 5.97 Å². The number of halogens is 2. The van der Waals surface area contributed by atoms with Crippen LogP contribution < -0.4 is 0 Å². The SMILES string of the molecule is O=C1OC(c2ccccc2)=NC1=Cc1ccc(Cl)c(Cl)c1. The van der Waals surface area contributed by atoms with Crippen molar-refractivity contribution in [3.8, 4) is 0 Å². The Kier molecular flexibility index (Phi) is 3.78. The number of esters is 1. The topological polar surface area (TPSA) is 38.7 Å². The van der Waals surface area contributed by atoms with Gasteiger partial charge in [-0.1, -0.05) is 47.5 Å². The summed E-state index contributed by atoms with van der Waals surface area (Å²) in [7, 11) is 0. The van der Waals surface area contributed by atoms with Crippen LogP contribution in [0.5, 0.6) is 0 Å². The lowest BCUT2D eigenvalue weighted by atomic mass is 10.2. The number of cyclic esters (lactones) is 1. The van der Waals surface area contributed by atoms with Crippen molar-refractivity contribution in [1.82, 2.24) is 0 Å². The van der Waals surface area contributed by atoms with Crippen molar-refractivity contribution in [3.63, 3.8) is 0 Å². The summed E-state index contributed by atoms with van der Waals surface area (Å²) in [4.78, 5) is 16.1. The zero-order valence-corrected chi connectivity index (χ0v) is 12.2. The molecule has 0 aliphatic carbocycles. The van der Waals surface area contributed by atoms with Gasteiger partial charge in [-0.25, -0.2) is 9.79 Å². The molecule has 2 aromatic carbocycles. The van der Waals surface area contributed by atoms with Crippen LogP contribution in [0.1, 0.15) is 11.1 Å². The highest BCUT2D eigenvalue weighted by Gasteiger charge is 2.23. The number of hydrogen-bond donors (Lipinski definition) is 0. The van der Waals surface area contributed by atoms with Gasteiger partial charge < -0.3 is 4.74 Å². The number of benzene rings is 2. The van der Waals surface area contributed by atoms with Gasteiger partial charge in [-0.15, -0.1) is 0 Å². The minimum absolute atomic E-state index is 0.229. The Balaban J connectivity index is 1.95. The van der Waals surface area contributed by atoms with Crippen LogP contribution in [0.15, 0.2) is 59.2 Å². The van der Waals surface area contributed by atoms with E-state index in [1.807, 2.05) is 30.3 Å². The van der Waals surface area contributed by atoms with Gasteiger partial charge in [0.05, 0.1) is 10.0 Å². The first-order chi connectivity index (χ1) is 10.1. The molecule has 3 nitrogen and oxygen atoms in total. The number of nitrogens with zero attached hydrogens (tertiary/aromatic N) is 1. The van der Waals surface area contributed by atoms with Gasteiger partial charge in [0.25, 0.3) is 0 Å². The van der Waals surface area contributed by atoms with E-state index in [1.165, 1.54) is 0 Å². The van der Waals surface area contributed by atoms with E-state index in [1.54, 1.807) is 24.3 Å². The standard InChI is InChI=1S/C16H9Cl2NO2/c17-12-7-6-10(8-13(12)18)9-14-16(20)21-15(19-14)11-4-2-1-3-5-11/h1-9H. The second-order valence-corrected chi connectivity index (χ2v) is 5.19. The molecule has 0 N–H and O–H groups in total. The fraction of sp³-hybridized carbons (Fsp3) is 0. The number of carbonyl (C=O) groups is 1. The van der Waals surface area contributed by atoms with Crippen molar-refractivity contribution in [2.45, 2.75) is 0 Å². The molecule has 104 valence electrons. The predicted molar refractivity (Wildman–Crippen MR) is 83.5 cm³/mol. The van der Waals surface area contributed by atoms with E-state index in [9.17, 15) is 4.79 Å². The van der Waals surface area contributed by atoms with Gasteiger partial charge in [-0.3, -0.25) is 0 Å². The number of rotatable bonds is 2. The molecule has 0 spiro atoms. The van der Waals surface area contributed by atoms with E-state index in [0.29, 0.717) is 15.9 Å². The number of ether oxygens (including phenoxy) is 1. The van der Waals surface area contributed by atoms with Crippen LogP contribution in [0.25, 0.3) is 6.08 Å². The van der Waals surface area contributed by atoms with Gasteiger partial charge in [0, 0.05) is 5.56 Å². The summed E-state index contributed by atoms with van der Waals surface area (Å²) in [6.45, 7) is 0. The van der Waals surface area contributed by atoms with Crippen LogP contribution in [0, 0.1) is 0 Å². The molecule has 0 radical (unpaired) electrons. The van der Waals surface area contributed by atoms with Gasteiger partial charge in [0.1, 0.15) is 0 Å². The largest absolute Gasteiger partial charge is 0.402 e. The fourth-order valence-electron chi connectivity index (χ4n) is 1.87. The van der Waals surface area contributed by atoms with E-state index in [4.69, 9.17) is 27.9 Å². The third kappa shape index (κ3) is 2.99. The smallest absolute Gasteiger partial charge is 0.363 e. The van der Waals surface area contributed by atoms with E-state index in [-0.39, 0.29) is 5.70 Å². The van der Waals surface area contributed by atoms with E-state index in [2.05, 4.69) is 4.99 Å². The first-order valence-electron chi connectivity index (χ1n) is 6.16. The molecule has 5 heteroatoms. The minimum Gasteiger partial charge on any atom is -0.402 e. The molecule has 1 heterocycles. The Morgan fingerprint density at radius 1 is 1.00 bits per heavy atom. The third-order valence-electron chi connectivity index (χ3n) is 2.89. The zero-order chi connectivity index (χ0) is 14.8. The second kappa shape index (κ2) is 5.72. The van der Waals surface area contributed by atoms with Crippen molar-refractivity contribution in [1.29, 1.82) is 0 Å². The first kappa shape index (κ1) is 13.9. The molecule has 0 saturated heterocycles. The molecule has 0 aromatic heterocycles. The van der Waals surface area contributed by atoms with Crippen LogP contribution >= 0.6 is 23.2 Å². The average Bonchev–Trinajstić information content (AvgIpc) is 2.85. The van der Waals surface area contributed by atoms with Crippen molar-refractivity contribution < 1.29 is 9.53 Å². The maximum absolute atomic E-state index is 11.9. The maximum atomic E-state index is 11.9. The molecular weight excluding hydrogens is 309 g/mol. The normalized spacial score (nSPS) is 16.0. The highest BCUT2D eigenvalue weighted by Crippen LogP contribution is 2.25. The lowest BCUT2D eigenvalue weighted by Crippen LogP contribution is -2.04. The summed E-state index contributed by atoms with van der Waals surface area (Å²) < 4.78 is 5.17. The molecule has 0 amide bonds. The van der Waals surface area contributed by atoms with Crippen molar-refractivity contribution in [2.24, 2.45) is 4.99 Å². The second-order valence-electron chi connectivity index (χ2n) is 4.38. The molecule has 1 aliphatic heterocycles. The van der Waals surface area contributed by atoms with E-state index in [0.717, 1.165) is 11.1 Å². The van der Waals surface area contributed by atoms with Crippen LogP contribution in [-0.2, 0) is 9.53 Å². The Hall–Kier alpha value is -2.10. The molecule has 3 rings (SSSR count). The Morgan fingerprint density at radius 3 is 2.48 bits per heavy atom. The summed E-state index contributed by atoms with van der Waals surface area (Å²) in [6.07, 6.45) is 1.61. The molecule has 0 atom stereocenters. The van der Waals surface area contributed by atoms with Gasteiger partial charge in [-0.05, 0) is 35.9 Å². The molecular formula is C16H9Cl2NO2. The Labute approximate surface area is 131 Å². The quantitative estimate of drug-likeness (QED) is 0.610. The molecule has 2 aromatic rings. The minimum atomic E-state index is -0.486. The number of carbonyl (C=O) groups excluding carboxylic acids is 1. The number of hydrogen-bond acceptors (Lipinski definition) is 3. The summed E-state index contributed by atoms with van der Waals surface area (Å²) in [5.41, 5.74) is 1.71.